The van der Waals surface area contributed by atoms with Crippen molar-refractivity contribution in [3.8, 4) is 0 Å². The summed E-state index contributed by atoms with van der Waals surface area (Å²) in [4.78, 5) is 0. The Bertz CT molecular complexity index is 992. The molecule has 0 unspecified atom stereocenters. The summed E-state index contributed by atoms with van der Waals surface area (Å²) in [7, 11) is 1.87. The third-order valence-electron chi connectivity index (χ3n) is 4.42. The lowest BCUT2D eigenvalue weighted by molar-refractivity contribution is 0.579. The number of nitrogens with one attached hydrogen (secondary N) is 2. The van der Waals surface area contributed by atoms with Gasteiger partial charge < -0.3 is 10.6 Å². The Labute approximate surface area is 181 Å². The van der Waals surface area contributed by atoms with Crippen molar-refractivity contribution >= 4 is 50.5 Å². The molecule has 0 aliphatic carbocycles. The van der Waals surface area contributed by atoms with Gasteiger partial charge in [-0.15, -0.1) is 0 Å². The fourth-order valence-electron chi connectivity index (χ4n) is 2.82. The first kappa shape index (κ1) is 20.8. The minimum absolute atomic E-state index is 0.238. The van der Waals surface area contributed by atoms with Crippen molar-refractivity contribution in [2.45, 2.75) is 26.9 Å². The van der Waals surface area contributed by atoms with Crippen molar-refractivity contribution in [3.63, 3.8) is 0 Å². The van der Waals surface area contributed by atoms with Gasteiger partial charge in [0.1, 0.15) is 5.82 Å². The van der Waals surface area contributed by atoms with Crippen LogP contribution in [0.4, 0.5) is 10.1 Å². The Morgan fingerprint density at radius 1 is 1.36 bits per heavy atom. The fourth-order valence-corrected chi connectivity index (χ4v) is 3.71. The van der Waals surface area contributed by atoms with E-state index in [4.69, 9.17) is 23.8 Å². The number of aromatic nitrogens is 4. The first-order chi connectivity index (χ1) is 13.3. The van der Waals surface area contributed by atoms with Gasteiger partial charge in [0.05, 0.1) is 46.5 Å². The SMILES string of the molecule is Cc1nn(Cc2c(F)cccc2Cl)c(C)c1NC(=S)NCc1c(Br)cnn1C. The molecule has 2 N–H and O–H groups in total. The summed E-state index contributed by atoms with van der Waals surface area (Å²) in [6.07, 6.45) is 1.74. The van der Waals surface area contributed by atoms with Gasteiger partial charge in [-0.1, -0.05) is 17.7 Å². The van der Waals surface area contributed by atoms with Gasteiger partial charge in [-0.2, -0.15) is 10.2 Å². The molecule has 0 atom stereocenters. The minimum atomic E-state index is -0.353. The fraction of sp³-hybridized carbons (Fsp3) is 0.278. The van der Waals surface area contributed by atoms with E-state index in [2.05, 4.69) is 36.8 Å². The van der Waals surface area contributed by atoms with E-state index >= 15 is 0 Å². The van der Waals surface area contributed by atoms with Gasteiger partial charge in [-0.05, 0) is 54.1 Å². The smallest absolute Gasteiger partial charge is 0.171 e. The molecule has 0 saturated heterocycles. The van der Waals surface area contributed by atoms with Gasteiger partial charge in [-0.25, -0.2) is 4.39 Å². The first-order valence-electron chi connectivity index (χ1n) is 8.46. The third-order valence-corrected chi connectivity index (χ3v) is 5.68. The molecule has 0 saturated carbocycles. The van der Waals surface area contributed by atoms with Crippen molar-refractivity contribution < 1.29 is 4.39 Å². The van der Waals surface area contributed by atoms with Gasteiger partial charge in [0.2, 0.25) is 0 Å². The molecule has 2 heterocycles. The summed E-state index contributed by atoms with van der Waals surface area (Å²) in [6.45, 7) is 4.52. The average Bonchev–Trinajstić information content (AvgIpc) is 3.09. The largest absolute Gasteiger partial charge is 0.357 e. The van der Waals surface area contributed by atoms with Crippen LogP contribution in [0.2, 0.25) is 5.02 Å². The van der Waals surface area contributed by atoms with Crippen LogP contribution in [0.25, 0.3) is 0 Å². The zero-order valence-electron chi connectivity index (χ0n) is 15.6. The van der Waals surface area contributed by atoms with Crippen LogP contribution in [-0.2, 0) is 20.1 Å². The van der Waals surface area contributed by atoms with Gasteiger partial charge in [-0.3, -0.25) is 9.36 Å². The van der Waals surface area contributed by atoms with E-state index in [-0.39, 0.29) is 12.4 Å². The summed E-state index contributed by atoms with van der Waals surface area (Å²) < 4.78 is 18.5. The first-order valence-corrected chi connectivity index (χ1v) is 10.0. The molecule has 3 rings (SSSR count). The van der Waals surface area contributed by atoms with Crippen molar-refractivity contribution in [2.75, 3.05) is 5.32 Å². The van der Waals surface area contributed by atoms with E-state index in [1.165, 1.54) is 6.07 Å². The van der Waals surface area contributed by atoms with Gasteiger partial charge in [0.15, 0.2) is 5.11 Å². The molecule has 1 aromatic carbocycles. The molecule has 0 amide bonds. The van der Waals surface area contributed by atoms with Crippen LogP contribution in [0.3, 0.4) is 0 Å². The highest BCUT2D eigenvalue weighted by molar-refractivity contribution is 9.10. The molecular formula is C18H19BrClFN6S. The quantitative estimate of drug-likeness (QED) is 0.527. The lowest BCUT2D eigenvalue weighted by atomic mass is 10.2. The van der Waals surface area contributed by atoms with Crippen molar-refractivity contribution in [3.05, 3.63) is 62.4 Å². The Morgan fingerprint density at radius 3 is 2.75 bits per heavy atom. The molecule has 0 fully saturated rings. The highest BCUT2D eigenvalue weighted by Gasteiger charge is 2.16. The Balaban J connectivity index is 1.72. The number of halogens is 3. The zero-order chi connectivity index (χ0) is 20.4. The predicted molar refractivity (Wildman–Crippen MR) is 116 cm³/mol. The van der Waals surface area contributed by atoms with Gasteiger partial charge >= 0.3 is 0 Å². The number of aryl methyl sites for hydroxylation is 2. The van der Waals surface area contributed by atoms with Crippen LogP contribution in [-0.4, -0.2) is 24.7 Å². The van der Waals surface area contributed by atoms with Crippen LogP contribution < -0.4 is 10.6 Å². The number of thiocarbonyl (C=S) groups is 1. The molecule has 148 valence electrons. The molecule has 0 spiro atoms. The van der Waals surface area contributed by atoms with Crippen LogP contribution in [0.15, 0.2) is 28.9 Å². The molecule has 3 aromatic rings. The molecule has 0 radical (unpaired) electrons. The molecule has 10 heteroatoms. The third kappa shape index (κ3) is 4.37. The Morgan fingerprint density at radius 2 is 2.11 bits per heavy atom. The maximum absolute atomic E-state index is 14.1. The second-order valence-electron chi connectivity index (χ2n) is 6.27. The molecule has 0 bridgehead atoms. The van der Waals surface area contributed by atoms with Crippen LogP contribution in [0, 0.1) is 19.7 Å². The molecule has 2 aromatic heterocycles. The number of hydrogen-bond donors (Lipinski definition) is 2. The maximum atomic E-state index is 14.1. The molecule has 0 aliphatic heterocycles. The van der Waals surface area contributed by atoms with Crippen molar-refractivity contribution in [2.24, 2.45) is 7.05 Å². The molecule has 28 heavy (non-hydrogen) atoms. The van der Waals surface area contributed by atoms with E-state index in [0.717, 1.165) is 27.2 Å². The van der Waals surface area contributed by atoms with Crippen molar-refractivity contribution in [1.29, 1.82) is 0 Å². The number of anilines is 1. The van der Waals surface area contributed by atoms with Crippen molar-refractivity contribution in [1.82, 2.24) is 24.9 Å². The lowest BCUT2D eigenvalue weighted by Gasteiger charge is -2.12. The highest BCUT2D eigenvalue weighted by atomic mass is 79.9. The molecule has 0 aliphatic rings. The number of benzene rings is 1. The second-order valence-corrected chi connectivity index (χ2v) is 7.94. The predicted octanol–water partition coefficient (Wildman–Crippen LogP) is 4.32. The summed E-state index contributed by atoms with van der Waals surface area (Å²) >= 11 is 15.0. The Hall–Kier alpha value is -1.97. The molecular weight excluding hydrogens is 467 g/mol. The van der Waals surface area contributed by atoms with E-state index in [1.807, 2.05) is 20.9 Å². The van der Waals surface area contributed by atoms with E-state index in [0.29, 0.717) is 22.2 Å². The number of rotatable bonds is 5. The number of hydrogen-bond acceptors (Lipinski definition) is 3. The van der Waals surface area contributed by atoms with Crippen LogP contribution >= 0.6 is 39.7 Å². The average molecular weight is 486 g/mol. The van der Waals surface area contributed by atoms with Gasteiger partial charge in [0.25, 0.3) is 0 Å². The van der Waals surface area contributed by atoms with Gasteiger partial charge in [0, 0.05) is 17.6 Å². The normalized spacial score (nSPS) is 10.9. The monoisotopic (exact) mass is 484 g/mol. The molecule has 6 nitrogen and oxygen atoms in total. The lowest BCUT2D eigenvalue weighted by Crippen LogP contribution is -2.29. The summed E-state index contributed by atoms with van der Waals surface area (Å²) in [5.74, 6) is -0.353. The second kappa shape index (κ2) is 8.59. The maximum Gasteiger partial charge on any atom is 0.171 e. The standard InChI is InChI=1S/C18H19BrClFN6S/c1-10-17(24-18(28)22-8-16-13(19)7-23-26(16)3)11(2)27(25-10)9-12-14(20)5-4-6-15(12)21/h4-7H,8-9H2,1-3H3,(H2,22,24,28). The summed E-state index contributed by atoms with van der Waals surface area (Å²) in [5.41, 5.74) is 3.76. The highest BCUT2D eigenvalue weighted by Crippen LogP contribution is 2.24. The minimum Gasteiger partial charge on any atom is -0.357 e. The zero-order valence-corrected chi connectivity index (χ0v) is 18.7. The van der Waals surface area contributed by atoms with Crippen LogP contribution in [0.5, 0.6) is 0 Å². The van der Waals surface area contributed by atoms with E-state index < -0.39 is 0 Å². The summed E-state index contributed by atoms with van der Waals surface area (Å²) in [5, 5.41) is 15.8. The summed E-state index contributed by atoms with van der Waals surface area (Å²) in [6, 6.07) is 4.64. The van der Waals surface area contributed by atoms with Crippen LogP contribution in [0.1, 0.15) is 22.6 Å². The Kier molecular flexibility index (Phi) is 6.36. The topological polar surface area (TPSA) is 59.7 Å². The number of nitrogens with zero attached hydrogens (tertiary/aromatic N) is 4. The van der Waals surface area contributed by atoms with E-state index in [1.54, 1.807) is 27.7 Å². The van der Waals surface area contributed by atoms with E-state index in [9.17, 15) is 4.39 Å².